The largest absolute Gasteiger partial charge is 0.479 e. The molecule has 1 heterocycles. The number of oxime groups is 1. The summed E-state index contributed by atoms with van der Waals surface area (Å²) in [6, 6.07) is 4.80. The molecule has 1 fully saturated rings. The number of nitrogens with zero attached hydrogens (tertiary/aromatic N) is 1. The van der Waals surface area contributed by atoms with Crippen LogP contribution >= 0.6 is 0 Å². The summed E-state index contributed by atoms with van der Waals surface area (Å²) in [5, 5.41) is 26.5. The average molecular weight is 392 g/mol. The molecule has 0 aromatic heterocycles. The van der Waals surface area contributed by atoms with Crippen LogP contribution in [0.25, 0.3) is 0 Å². The molecule has 10 heteroatoms. The molecule has 0 aliphatic carbocycles. The fourth-order valence-electron chi connectivity index (χ4n) is 2.80. The second-order valence-electron chi connectivity index (χ2n) is 6.46. The minimum absolute atomic E-state index is 0.102. The van der Waals surface area contributed by atoms with Gasteiger partial charge in [0, 0.05) is 11.1 Å². The smallest absolute Gasteiger partial charge is 0.340 e. The number of piperidine rings is 1. The van der Waals surface area contributed by atoms with E-state index in [1.165, 1.54) is 31.2 Å². The van der Waals surface area contributed by atoms with E-state index in [9.17, 15) is 19.5 Å². The Morgan fingerprint density at radius 3 is 2.32 bits per heavy atom. The van der Waals surface area contributed by atoms with Gasteiger partial charge in [-0.25, -0.2) is 4.79 Å². The van der Waals surface area contributed by atoms with E-state index in [-0.39, 0.29) is 17.5 Å². The zero-order chi connectivity index (χ0) is 20.7. The molecule has 1 aliphatic rings. The van der Waals surface area contributed by atoms with Crippen molar-refractivity contribution in [2.45, 2.75) is 38.0 Å². The number of nitrogens with one attached hydrogen (secondary N) is 2. The molecule has 2 rings (SSSR count). The molecule has 6 N–H and O–H groups in total. The van der Waals surface area contributed by atoms with Gasteiger partial charge in [-0.2, -0.15) is 0 Å². The number of benzene rings is 1. The second kappa shape index (κ2) is 9.81. The maximum Gasteiger partial charge on any atom is 0.340 e. The van der Waals surface area contributed by atoms with Gasteiger partial charge >= 0.3 is 5.97 Å². The standard InChI is InChI=1S/C18H24N4O6/c1-10(14(23)15(18(25)26)28-13-6-8-20-9-7-13)21-17(24)12-4-2-11(3-5-12)16(19)22-27/h2-5,10,13,15,20,27H,6-9H2,1H3,(H2,19,22)(H,21,24)(H,25,26)/t10?,15-/m0/s1. The van der Waals surface area contributed by atoms with Gasteiger partial charge in [-0.3, -0.25) is 9.59 Å². The van der Waals surface area contributed by atoms with E-state index in [0.29, 0.717) is 31.5 Å². The van der Waals surface area contributed by atoms with Crippen LogP contribution in [-0.2, 0) is 14.3 Å². The Labute approximate surface area is 161 Å². The summed E-state index contributed by atoms with van der Waals surface area (Å²) in [6.07, 6.45) is -0.726. The molecular formula is C18H24N4O6. The summed E-state index contributed by atoms with van der Waals surface area (Å²) in [5.41, 5.74) is 6.12. The summed E-state index contributed by atoms with van der Waals surface area (Å²) in [6.45, 7) is 2.80. The molecule has 0 bridgehead atoms. The molecule has 0 radical (unpaired) electrons. The van der Waals surface area contributed by atoms with Crippen LogP contribution in [0.1, 0.15) is 35.7 Å². The molecule has 0 saturated carbocycles. The summed E-state index contributed by atoms with van der Waals surface area (Å²) in [5.74, 6) is -2.77. The lowest BCUT2D eigenvalue weighted by molar-refractivity contribution is -0.162. The predicted molar refractivity (Wildman–Crippen MR) is 99.3 cm³/mol. The quantitative estimate of drug-likeness (QED) is 0.132. The number of Topliss-reactive ketones (excluding diaryl/α,β-unsaturated/α-hetero) is 1. The number of ketones is 1. The number of aliphatic carboxylic acids is 1. The molecule has 28 heavy (non-hydrogen) atoms. The molecule has 10 nitrogen and oxygen atoms in total. The first-order valence-electron chi connectivity index (χ1n) is 8.85. The fourth-order valence-corrected chi connectivity index (χ4v) is 2.80. The maximum absolute atomic E-state index is 12.5. The van der Waals surface area contributed by atoms with E-state index in [0.717, 1.165) is 0 Å². The fraction of sp³-hybridized carbons (Fsp3) is 0.444. The number of rotatable bonds is 8. The van der Waals surface area contributed by atoms with Crippen LogP contribution < -0.4 is 16.4 Å². The monoisotopic (exact) mass is 392 g/mol. The molecule has 1 aromatic rings. The molecule has 1 unspecified atom stereocenters. The van der Waals surface area contributed by atoms with Gasteiger partial charge in [0.1, 0.15) is 0 Å². The number of carbonyl (C=O) groups excluding carboxylic acids is 2. The SMILES string of the molecule is CC(NC(=O)c1ccc(C(N)=NO)cc1)C(=O)[C@H](OC1CCNCC1)C(=O)O. The van der Waals surface area contributed by atoms with Gasteiger partial charge in [0.15, 0.2) is 11.6 Å². The van der Waals surface area contributed by atoms with Gasteiger partial charge in [0.25, 0.3) is 5.91 Å². The number of amidine groups is 1. The third-order valence-electron chi connectivity index (χ3n) is 4.42. The minimum Gasteiger partial charge on any atom is -0.479 e. The summed E-state index contributed by atoms with van der Waals surface area (Å²) in [4.78, 5) is 36.3. The Balaban J connectivity index is 2.00. The Morgan fingerprint density at radius 1 is 1.21 bits per heavy atom. The van der Waals surface area contributed by atoms with E-state index in [2.05, 4.69) is 15.8 Å². The second-order valence-corrected chi connectivity index (χ2v) is 6.46. The normalized spacial score (nSPS) is 17.5. The van der Waals surface area contributed by atoms with Crippen molar-refractivity contribution in [3.63, 3.8) is 0 Å². The number of carbonyl (C=O) groups is 3. The summed E-state index contributed by atoms with van der Waals surface area (Å²) in [7, 11) is 0. The molecule has 0 spiro atoms. The van der Waals surface area contributed by atoms with Gasteiger partial charge in [0.05, 0.1) is 12.1 Å². The number of carboxylic acids is 1. The Kier molecular flexibility index (Phi) is 7.47. The van der Waals surface area contributed by atoms with E-state index in [1.54, 1.807) is 0 Å². The lowest BCUT2D eigenvalue weighted by Gasteiger charge is -2.27. The van der Waals surface area contributed by atoms with Crippen LogP contribution in [0.4, 0.5) is 0 Å². The van der Waals surface area contributed by atoms with Crippen LogP contribution in [0.2, 0.25) is 0 Å². The van der Waals surface area contributed by atoms with Crippen molar-refractivity contribution in [2.75, 3.05) is 13.1 Å². The average Bonchev–Trinajstić information content (AvgIpc) is 2.71. The van der Waals surface area contributed by atoms with Crippen molar-refractivity contribution < 1.29 is 29.4 Å². The maximum atomic E-state index is 12.5. The van der Waals surface area contributed by atoms with Crippen molar-refractivity contribution in [3.8, 4) is 0 Å². The molecule has 1 amide bonds. The number of hydrogen-bond acceptors (Lipinski definition) is 7. The first-order valence-corrected chi connectivity index (χ1v) is 8.85. The van der Waals surface area contributed by atoms with Gasteiger partial charge in [-0.15, -0.1) is 0 Å². The molecule has 2 atom stereocenters. The molecular weight excluding hydrogens is 368 g/mol. The van der Waals surface area contributed by atoms with E-state index < -0.39 is 29.8 Å². The highest BCUT2D eigenvalue weighted by Gasteiger charge is 2.34. The molecule has 152 valence electrons. The van der Waals surface area contributed by atoms with Crippen molar-refractivity contribution in [3.05, 3.63) is 35.4 Å². The van der Waals surface area contributed by atoms with Crippen LogP contribution in [0.15, 0.2) is 29.4 Å². The number of carboxylic acid groups (broad SMARTS) is 1. The number of amides is 1. The third-order valence-corrected chi connectivity index (χ3v) is 4.42. The Bertz CT molecular complexity index is 743. The van der Waals surface area contributed by atoms with Crippen molar-refractivity contribution in [1.29, 1.82) is 0 Å². The third kappa shape index (κ3) is 5.51. The Hall–Kier alpha value is -2.98. The topological polar surface area (TPSA) is 163 Å². The lowest BCUT2D eigenvalue weighted by Crippen LogP contribution is -2.49. The highest BCUT2D eigenvalue weighted by Crippen LogP contribution is 2.13. The van der Waals surface area contributed by atoms with Crippen LogP contribution in [0, 0.1) is 0 Å². The highest BCUT2D eigenvalue weighted by atomic mass is 16.5. The van der Waals surface area contributed by atoms with Gasteiger partial charge in [-0.1, -0.05) is 17.3 Å². The van der Waals surface area contributed by atoms with E-state index in [1.807, 2.05) is 0 Å². The zero-order valence-corrected chi connectivity index (χ0v) is 15.4. The van der Waals surface area contributed by atoms with Crippen molar-refractivity contribution in [2.24, 2.45) is 10.9 Å². The van der Waals surface area contributed by atoms with E-state index >= 15 is 0 Å². The highest BCUT2D eigenvalue weighted by molar-refractivity contribution is 6.06. The first-order chi connectivity index (χ1) is 13.3. The van der Waals surface area contributed by atoms with Crippen LogP contribution in [0.5, 0.6) is 0 Å². The van der Waals surface area contributed by atoms with E-state index in [4.69, 9.17) is 15.7 Å². The molecule has 1 aliphatic heterocycles. The number of hydrogen-bond donors (Lipinski definition) is 5. The summed E-state index contributed by atoms with van der Waals surface area (Å²) < 4.78 is 5.49. The minimum atomic E-state index is -1.64. The van der Waals surface area contributed by atoms with Gasteiger partial charge in [-0.05, 0) is 45.0 Å². The van der Waals surface area contributed by atoms with Crippen molar-refractivity contribution >= 4 is 23.5 Å². The summed E-state index contributed by atoms with van der Waals surface area (Å²) >= 11 is 0. The molecule has 1 saturated heterocycles. The Morgan fingerprint density at radius 2 is 1.79 bits per heavy atom. The molecule has 1 aromatic carbocycles. The first kappa shape index (κ1) is 21.3. The predicted octanol–water partition coefficient (Wildman–Crippen LogP) is -0.310. The van der Waals surface area contributed by atoms with Crippen LogP contribution in [0.3, 0.4) is 0 Å². The number of ether oxygens (including phenoxy) is 1. The van der Waals surface area contributed by atoms with Gasteiger partial charge < -0.3 is 31.4 Å². The van der Waals surface area contributed by atoms with Crippen LogP contribution in [-0.4, -0.2) is 65.1 Å². The van der Waals surface area contributed by atoms with Gasteiger partial charge in [0.2, 0.25) is 6.10 Å². The number of nitrogens with two attached hydrogens (primary N) is 1. The van der Waals surface area contributed by atoms with Crippen molar-refractivity contribution in [1.82, 2.24) is 10.6 Å². The lowest BCUT2D eigenvalue weighted by atomic mass is 10.1. The zero-order valence-electron chi connectivity index (χ0n) is 15.4.